The van der Waals surface area contributed by atoms with E-state index < -0.39 is 0 Å². The normalized spacial score (nSPS) is 27.9. The largest absolute Gasteiger partial charge is 0.394 e. The maximum absolute atomic E-state index is 9.55. The van der Waals surface area contributed by atoms with Crippen LogP contribution in [0, 0.1) is 5.92 Å². The van der Waals surface area contributed by atoms with Crippen LogP contribution in [0.5, 0.6) is 0 Å². The van der Waals surface area contributed by atoms with E-state index in [1.807, 2.05) is 0 Å². The van der Waals surface area contributed by atoms with Gasteiger partial charge in [0.05, 0.1) is 6.61 Å². The lowest BCUT2D eigenvalue weighted by Crippen LogP contribution is -2.55. The van der Waals surface area contributed by atoms with Crippen LogP contribution in [0.3, 0.4) is 0 Å². The van der Waals surface area contributed by atoms with Gasteiger partial charge in [-0.2, -0.15) is 0 Å². The Hall–Kier alpha value is -0.120. The zero-order valence-corrected chi connectivity index (χ0v) is 10.7. The third-order valence-corrected chi connectivity index (χ3v) is 4.38. The zero-order valence-electron chi connectivity index (χ0n) is 10.7. The number of hydrogen-bond acceptors (Lipinski definition) is 3. The molecule has 1 saturated heterocycles. The molecule has 1 atom stereocenters. The van der Waals surface area contributed by atoms with Gasteiger partial charge in [-0.15, -0.1) is 0 Å². The van der Waals surface area contributed by atoms with E-state index in [-0.39, 0.29) is 12.1 Å². The average molecular weight is 226 g/mol. The first kappa shape index (κ1) is 12.3. The summed E-state index contributed by atoms with van der Waals surface area (Å²) in [5.74, 6) is 0.710. The molecule has 2 N–H and O–H groups in total. The van der Waals surface area contributed by atoms with Crippen LogP contribution in [0.25, 0.3) is 0 Å². The van der Waals surface area contributed by atoms with E-state index in [2.05, 4.69) is 24.1 Å². The summed E-state index contributed by atoms with van der Waals surface area (Å²) in [6.07, 6.45) is 5.04. The second-order valence-electron chi connectivity index (χ2n) is 5.70. The van der Waals surface area contributed by atoms with Gasteiger partial charge >= 0.3 is 0 Å². The zero-order chi connectivity index (χ0) is 11.6. The number of nitrogens with zero attached hydrogens (tertiary/aromatic N) is 1. The quantitative estimate of drug-likeness (QED) is 0.740. The fraction of sp³-hybridized carbons (Fsp3) is 1.00. The van der Waals surface area contributed by atoms with Crippen molar-refractivity contribution < 1.29 is 5.11 Å². The topological polar surface area (TPSA) is 35.5 Å². The van der Waals surface area contributed by atoms with Gasteiger partial charge < -0.3 is 15.3 Å². The first-order valence-electron chi connectivity index (χ1n) is 6.79. The summed E-state index contributed by atoms with van der Waals surface area (Å²) in [7, 11) is 0. The molecule has 0 aromatic carbocycles. The number of rotatable bonds is 5. The SMILES string of the molecule is CCN1CCC(NC(C)(CO)C2CC2)CC1. The lowest BCUT2D eigenvalue weighted by atomic mass is 9.93. The van der Waals surface area contributed by atoms with Crippen molar-refractivity contribution in [2.24, 2.45) is 5.92 Å². The summed E-state index contributed by atoms with van der Waals surface area (Å²) < 4.78 is 0. The number of aliphatic hydroxyl groups is 1. The Morgan fingerprint density at radius 3 is 2.31 bits per heavy atom. The second kappa shape index (κ2) is 5.03. The number of piperidine rings is 1. The van der Waals surface area contributed by atoms with Crippen molar-refractivity contribution in [1.29, 1.82) is 0 Å². The van der Waals surface area contributed by atoms with E-state index in [9.17, 15) is 5.11 Å². The molecule has 1 unspecified atom stereocenters. The van der Waals surface area contributed by atoms with Crippen LogP contribution in [0.1, 0.15) is 39.5 Å². The maximum atomic E-state index is 9.55. The lowest BCUT2D eigenvalue weighted by molar-refractivity contribution is 0.117. The molecule has 0 radical (unpaired) electrons. The summed E-state index contributed by atoms with van der Waals surface area (Å²) in [4.78, 5) is 2.51. The highest BCUT2D eigenvalue weighted by Crippen LogP contribution is 2.39. The molecule has 0 bridgehead atoms. The molecule has 0 aromatic heterocycles. The molecule has 2 aliphatic rings. The standard InChI is InChI=1S/C13H26N2O/c1-3-15-8-6-12(7-9-15)14-13(2,10-16)11-4-5-11/h11-12,14,16H,3-10H2,1-2H3. The number of aliphatic hydroxyl groups excluding tert-OH is 1. The van der Waals surface area contributed by atoms with Gasteiger partial charge in [0.1, 0.15) is 0 Å². The fourth-order valence-corrected chi connectivity index (χ4v) is 2.87. The minimum absolute atomic E-state index is 0.0148. The molecule has 1 aliphatic heterocycles. The summed E-state index contributed by atoms with van der Waals surface area (Å²) in [6, 6.07) is 0.612. The second-order valence-corrected chi connectivity index (χ2v) is 5.70. The molecule has 1 heterocycles. The van der Waals surface area contributed by atoms with E-state index in [4.69, 9.17) is 0 Å². The van der Waals surface area contributed by atoms with Gasteiger partial charge in [0, 0.05) is 11.6 Å². The lowest BCUT2D eigenvalue weighted by Gasteiger charge is -2.38. The van der Waals surface area contributed by atoms with Gasteiger partial charge in [-0.1, -0.05) is 6.92 Å². The molecule has 0 aromatic rings. The maximum Gasteiger partial charge on any atom is 0.0613 e. The van der Waals surface area contributed by atoms with Gasteiger partial charge in [-0.05, 0) is 58.2 Å². The Labute approximate surface area is 99.2 Å². The Morgan fingerprint density at radius 1 is 1.25 bits per heavy atom. The minimum Gasteiger partial charge on any atom is -0.394 e. The number of nitrogens with one attached hydrogen (secondary N) is 1. The Morgan fingerprint density at radius 2 is 1.88 bits per heavy atom. The van der Waals surface area contributed by atoms with Gasteiger partial charge in [0.25, 0.3) is 0 Å². The smallest absolute Gasteiger partial charge is 0.0613 e. The summed E-state index contributed by atoms with van der Waals surface area (Å²) in [5.41, 5.74) is -0.0148. The summed E-state index contributed by atoms with van der Waals surface area (Å²) in [5, 5.41) is 13.3. The highest BCUT2D eigenvalue weighted by atomic mass is 16.3. The van der Waals surface area contributed by atoms with Crippen LogP contribution >= 0.6 is 0 Å². The van der Waals surface area contributed by atoms with Gasteiger partial charge in [0.15, 0.2) is 0 Å². The molecular formula is C13H26N2O. The van der Waals surface area contributed by atoms with Crippen molar-refractivity contribution in [2.45, 2.75) is 51.1 Å². The monoisotopic (exact) mass is 226 g/mol. The van der Waals surface area contributed by atoms with E-state index in [1.165, 1.54) is 45.3 Å². The molecule has 94 valence electrons. The van der Waals surface area contributed by atoms with E-state index >= 15 is 0 Å². The molecule has 0 spiro atoms. The van der Waals surface area contributed by atoms with Gasteiger partial charge in [0.2, 0.25) is 0 Å². The molecule has 16 heavy (non-hydrogen) atoms. The molecule has 1 aliphatic carbocycles. The summed E-state index contributed by atoms with van der Waals surface area (Å²) >= 11 is 0. The third-order valence-electron chi connectivity index (χ3n) is 4.38. The first-order chi connectivity index (χ1) is 7.68. The third kappa shape index (κ3) is 2.76. The predicted octanol–water partition coefficient (Wildman–Crippen LogP) is 1.22. The van der Waals surface area contributed by atoms with Gasteiger partial charge in [-0.3, -0.25) is 0 Å². The molecule has 3 heteroatoms. The van der Waals surface area contributed by atoms with Crippen LogP contribution in [-0.2, 0) is 0 Å². The predicted molar refractivity (Wildman–Crippen MR) is 66.5 cm³/mol. The van der Waals surface area contributed by atoms with Crippen LogP contribution in [-0.4, -0.2) is 47.8 Å². The highest BCUT2D eigenvalue weighted by Gasteiger charge is 2.42. The van der Waals surface area contributed by atoms with Crippen molar-refractivity contribution in [3.63, 3.8) is 0 Å². The Balaban J connectivity index is 1.81. The minimum atomic E-state index is -0.0148. The Kier molecular flexibility index (Phi) is 3.88. The molecule has 2 rings (SSSR count). The molecular weight excluding hydrogens is 200 g/mol. The number of likely N-dealkylation sites (tertiary alicyclic amines) is 1. The van der Waals surface area contributed by atoms with E-state index in [0.717, 1.165) is 0 Å². The molecule has 0 amide bonds. The molecule has 3 nitrogen and oxygen atoms in total. The Bertz CT molecular complexity index is 222. The van der Waals surface area contributed by atoms with Crippen LogP contribution in [0.15, 0.2) is 0 Å². The van der Waals surface area contributed by atoms with Crippen molar-refractivity contribution in [3.8, 4) is 0 Å². The van der Waals surface area contributed by atoms with Crippen LogP contribution < -0.4 is 5.32 Å². The average Bonchev–Trinajstić information content (AvgIpc) is 3.14. The van der Waals surface area contributed by atoms with Crippen molar-refractivity contribution in [2.75, 3.05) is 26.2 Å². The van der Waals surface area contributed by atoms with Crippen LogP contribution in [0.2, 0.25) is 0 Å². The molecule has 1 saturated carbocycles. The first-order valence-corrected chi connectivity index (χ1v) is 6.79. The van der Waals surface area contributed by atoms with Crippen molar-refractivity contribution >= 4 is 0 Å². The fourth-order valence-electron chi connectivity index (χ4n) is 2.87. The van der Waals surface area contributed by atoms with Crippen LogP contribution in [0.4, 0.5) is 0 Å². The number of hydrogen-bond donors (Lipinski definition) is 2. The van der Waals surface area contributed by atoms with Crippen molar-refractivity contribution in [1.82, 2.24) is 10.2 Å². The van der Waals surface area contributed by atoms with Gasteiger partial charge in [-0.25, -0.2) is 0 Å². The summed E-state index contributed by atoms with van der Waals surface area (Å²) in [6.45, 7) is 8.30. The molecule has 2 fully saturated rings. The van der Waals surface area contributed by atoms with E-state index in [1.54, 1.807) is 0 Å². The van der Waals surface area contributed by atoms with Crippen molar-refractivity contribution in [3.05, 3.63) is 0 Å². The highest BCUT2D eigenvalue weighted by molar-refractivity contribution is 4.99. The van der Waals surface area contributed by atoms with E-state index in [0.29, 0.717) is 12.0 Å².